The molecule has 0 spiro atoms. The maximum atomic E-state index is 12.3. The van der Waals surface area contributed by atoms with Gasteiger partial charge in [0.25, 0.3) is 0 Å². The van der Waals surface area contributed by atoms with Crippen LogP contribution in [0.5, 0.6) is 0 Å². The van der Waals surface area contributed by atoms with Gasteiger partial charge in [-0.1, -0.05) is 24.3 Å². The van der Waals surface area contributed by atoms with E-state index in [4.69, 9.17) is 9.05 Å². The van der Waals surface area contributed by atoms with Crippen LogP contribution in [0.4, 0.5) is 5.69 Å². The van der Waals surface area contributed by atoms with Gasteiger partial charge in [0.05, 0.1) is 13.2 Å². The summed E-state index contributed by atoms with van der Waals surface area (Å²) in [6.45, 7) is 6.40. The van der Waals surface area contributed by atoms with Crippen LogP contribution in [0.3, 0.4) is 0 Å². The van der Waals surface area contributed by atoms with Crippen molar-refractivity contribution in [2.24, 2.45) is 0 Å². The van der Waals surface area contributed by atoms with Crippen molar-refractivity contribution in [2.45, 2.75) is 26.6 Å². The topological polar surface area (TPSA) is 67.8 Å². The van der Waals surface area contributed by atoms with Crippen molar-refractivity contribution >= 4 is 13.3 Å². The highest BCUT2D eigenvalue weighted by Gasteiger charge is 2.31. The molecule has 0 aromatic heterocycles. The maximum Gasteiger partial charge on any atom is 0.362 e. The van der Waals surface area contributed by atoms with Gasteiger partial charge in [-0.15, -0.1) is 0 Å². The van der Waals surface area contributed by atoms with Gasteiger partial charge < -0.3 is 19.5 Å². The molecule has 0 amide bonds. The average Bonchev–Trinajstić information content (AvgIpc) is 2.45. The lowest BCUT2D eigenvalue weighted by atomic mass is 10.2. The molecule has 21 heavy (non-hydrogen) atoms. The highest BCUT2D eigenvalue weighted by molar-refractivity contribution is 7.54. The van der Waals surface area contributed by atoms with E-state index in [1.807, 2.05) is 31.2 Å². The molecule has 0 fully saturated rings. The summed E-state index contributed by atoms with van der Waals surface area (Å²) in [5.74, 6) is -1.25. The third kappa shape index (κ3) is 5.64. The number of benzene rings is 1. The number of rotatable bonds is 9. The average molecular weight is 313 g/mol. The Balaban J connectivity index is 2.55. The van der Waals surface area contributed by atoms with Crippen molar-refractivity contribution in [1.82, 2.24) is 0 Å². The van der Waals surface area contributed by atoms with Crippen LogP contribution in [0, 0.1) is 6.92 Å². The highest BCUT2D eigenvalue weighted by atomic mass is 31.2. The quantitative estimate of drug-likeness (QED) is 0.539. The smallest absolute Gasteiger partial charge is 0.362 e. The SMILES string of the molecule is CCOP(=O)(OCC)C(O)/C=C\CNc1ccccc1C. The van der Waals surface area contributed by atoms with Crippen molar-refractivity contribution in [3.05, 3.63) is 42.0 Å². The zero-order chi connectivity index (χ0) is 15.7. The van der Waals surface area contributed by atoms with Crippen molar-refractivity contribution < 1.29 is 18.7 Å². The Kier molecular flexibility index (Phi) is 7.68. The second-order valence-corrected chi connectivity index (χ2v) is 6.54. The number of nitrogens with one attached hydrogen (secondary N) is 1. The lowest BCUT2D eigenvalue weighted by Crippen LogP contribution is -2.11. The second kappa shape index (κ2) is 9.00. The first-order valence-corrected chi connectivity index (χ1v) is 8.67. The van der Waals surface area contributed by atoms with Crippen LogP contribution >= 0.6 is 7.60 Å². The molecule has 0 aliphatic heterocycles. The van der Waals surface area contributed by atoms with Gasteiger partial charge in [-0.05, 0) is 38.5 Å². The summed E-state index contributed by atoms with van der Waals surface area (Å²) in [5, 5.41) is 13.2. The summed E-state index contributed by atoms with van der Waals surface area (Å²) in [4.78, 5) is 0. The first kappa shape index (κ1) is 17.9. The minimum absolute atomic E-state index is 0.226. The standard InChI is InChI=1S/C15H24NO4P/c1-4-19-21(18,20-5-2)15(17)11-8-12-16-14-10-7-6-9-13(14)3/h6-11,15-17H,4-5,12H2,1-3H3/b11-8-. The molecule has 0 aliphatic carbocycles. The van der Waals surface area contributed by atoms with Crippen LogP contribution in [0.15, 0.2) is 36.4 Å². The number of aryl methyl sites for hydroxylation is 1. The largest absolute Gasteiger partial charge is 0.381 e. The van der Waals surface area contributed by atoms with Crippen molar-refractivity contribution in [1.29, 1.82) is 0 Å². The number of hydrogen-bond donors (Lipinski definition) is 2. The van der Waals surface area contributed by atoms with Crippen molar-refractivity contribution in [3.8, 4) is 0 Å². The van der Waals surface area contributed by atoms with Crippen LogP contribution < -0.4 is 5.32 Å². The lowest BCUT2D eigenvalue weighted by Gasteiger charge is -2.19. The molecule has 1 rings (SSSR count). The van der Waals surface area contributed by atoms with Crippen molar-refractivity contribution in [3.63, 3.8) is 0 Å². The first-order chi connectivity index (χ1) is 10.0. The number of hydrogen-bond acceptors (Lipinski definition) is 5. The van der Waals surface area contributed by atoms with E-state index in [0.29, 0.717) is 6.54 Å². The van der Waals surface area contributed by atoms with E-state index >= 15 is 0 Å². The monoisotopic (exact) mass is 313 g/mol. The normalized spacial score (nSPS) is 13.5. The fraction of sp³-hybridized carbons (Fsp3) is 0.467. The molecule has 2 N–H and O–H groups in total. The molecule has 0 radical (unpaired) electrons. The summed E-state index contributed by atoms with van der Waals surface area (Å²) in [5.41, 5.74) is 2.16. The van der Waals surface area contributed by atoms with Crippen LogP contribution in [0.2, 0.25) is 0 Å². The van der Waals surface area contributed by atoms with Gasteiger partial charge in [-0.25, -0.2) is 0 Å². The van der Waals surface area contributed by atoms with Gasteiger partial charge in [0.2, 0.25) is 0 Å². The summed E-state index contributed by atoms with van der Waals surface area (Å²) < 4.78 is 22.4. The molecule has 0 heterocycles. The third-order valence-corrected chi connectivity index (χ3v) is 4.86. The van der Waals surface area contributed by atoms with Crippen LogP contribution in [0.25, 0.3) is 0 Å². The van der Waals surface area contributed by atoms with Gasteiger partial charge >= 0.3 is 7.60 Å². The molecule has 0 aliphatic rings. The Labute approximate surface area is 126 Å². The number of aliphatic hydroxyl groups is 1. The lowest BCUT2D eigenvalue weighted by molar-refractivity contribution is 0.168. The van der Waals surface area contributed by atoms with Crippen LogP contribution in [-0.2, 0) is 13.6 Å². The Morgan fingerprint density at radius 3 is 2.48 bits per heavy atom. The minimum atomic E-state index is -3.49. The van der Waals surface area contributed by atoms with E-state index in [1.165, 1.54) is 6.08 Å². The van der Waals surface area contributed by atoms with Crippen LogP contribution in [0.1, 0.15) is 19.4 Å². The number of para-hydroxylation sites is 1. The second-order valence-electron chi connectivity index (χ2n) is 4.41. The molecular formula is C15H24NO4P. The molecule has 0 saturated carbocycles. The maximum absolute atomic E-state index is 12.3. The molecule has 0 saturated heterocycles. The molecule has 1 atom stereocenters. The molecular weight excluding hydrogens is 289 g/mol. The zero-order valence-electron chi connectivity index (χ0n) is 12.8. The summed E-state index contributed by atoms with van der Waals surface area (Å²) in [6.07, 6.45) is 3.15. The Bertz CT molecular complexity index is 494. The van der Waals surface area contributed by atoms with Gasteiger partial charge in [-0.3, -0.25) is 4.57 Å². The van der Waals surface area contributed by atoms with E-state index in [9.17, 15) is 9.67 Å². The Morgan fingerprint density at radius 1 is 1.29 bits per heavy atom. The predicted octanol–water partition coefficient (Wildman–Crippen LogP) is 3.55. The molecule has 1 unspecified atom stereocenters. The van der Waals surface area contributed by atoms with E-state index in [-0.39, 0.29) is 13.2 Å². The molecule has 5 nitrogen and oxygen atoms in total. The van der Waals surface area contributed by atoms with Crippen molar-refractivity contribution in [2.75, 3.05) is 25.1 Å². The highest BCUT2D eigenvalue weighted by Crippen LogP contribution is 2.52. The fourth-order valence-corrected chi connectivity index (χ4v) is 3.22. The molecule has 6 heteroatoms. The predicted molar refractivity (Wildman–Crippen MR) is 85.7 cm³/mol. The summed E-state index contributed by atoms with van der Waals surface area (Å²) in [7, 11) is -3.49. The fourth-order valence-electron chi connectivity index (χ4n) is 1.79. The first-order valence-electron chi connectivity index (χ1n) is 7.06. The molecule has 1 aromatic carbocycles. The van der Waals surface area contributed by atoms with Gasteiger partial charge in [-0.2, -0.15) is 0 Å². The number of anilines is 1. The van der Waals surface area contributed by atoms with Gasteiger partial charge in [0, 0.05) is 12.2 Å². The molecule has 1 aromatic rings. The Hall–Kier alpha value is -1.13. The Morgan fingerprint density at radius 2 is 1.90 bits per heavy atom. The molecule has 0 bridgehead atoms. The van der Waals surface area contributed by atoms with E-state index in [0.717, 1.165) is 11.3 Å². The summed E-state index contributed by atoms with van der Waals surface area (Å²) in [6, 6.07) is 7.91. The van der Waals surface area contributed by atoms with E-state index in [1.54, 1.807) is 19.9 Å². The van der Waals surface area contributed by atoms with Gasteiger partial charge in [0.15, 0.2) is 5.85 Å². The summed E-state index contributed by atoms with van der Waals surface area (Å²) >= 11 is 0. The minimum Gasteiger partial charge on any atom is -0.381 e. The van der Waals surface area contributed by atoms with E-state index < -0.39 is 13.4 Å². The molecule has 118 valence electrons. The number of aliphatic hydroxyl groups excluding tert-OH is 1. The third-order valence-electron chi connectivity index (χ3n) is 2.81. The van der Waals surface area contributed by atoms with E-state index in [2.05, 4.69) is 5.32 Å². The van der Waals surface area contributed by atoms with Gasteiger partial charge in [0.1, 0.15) is 0 Å². The van der Waals surface area contributed by atoms with Crippen LogP contribution in [-0.4, -0.2) is 30.7 Å². The zero-order valence-corrected chi connectivity index (χ0v) is 13.7.